The van der Waals surface area contributed by atoms with Crippen LogP contribution in [0.25, 0.3) is 5.95 Å². The Bertz CT molecular complexity index is 519. The van der Waals surface area contributed by atoms with Crippen molar-refractivity contribution in [1.82, 2.24) is 14.5 Å². The maximum Gasteiger partial charge on any atom is 0.234 e. The number of nitrogens with two attached hydrogens (primary N) is 1. The normalized spacial score (nSPS) is 11.7. The molecular weight excluding hydrogens is 230 g/mol. The minimum absolute atomic E-state index is 0.0106. The fourth-order valence-corrected chi connectivity index (χ4v) is 1.34. The molecule has 7 heteroatoms. The summed E-state index contributed by atoms with van der Waals surface area (Å²) in [5.41, 5.74) is 6.01. The smallest absolute Gasteiger partial charge is 0.234 e. The minimum Gasteiger partial charge on any atom is -0.409 e. The highest BCUT2D eigenvalue weighted by atomic mass is 35.5. The van der Waals surface area contributed by atoms with Crippen LogP contribution in [0.4, 0.5) is 0 Å². The average Bonchev–Trinajstić information content (AvgIpc) is 2.78. The van der Waals surface area contributed by atoms with Crippen molar-refractivity contribution in [3.05, 3.63) is 41.4 Å². The Morgan fingerprint density at radius 2 is 2.12 bits per heavy atom. The number of halogens is 1. The molecule has 2 aromatic rings. The Morgan fingerprint density at radius 1 is 1.44 bits per heavy atom. The highest BCUT2D eigenvalue weighted by Crippen LogP contribution is 2.10. The van der Waals surface area contributed by atoms with Crippen LogP contribution in [0.15, 0.2) is 35.9 Å². The molecule has 0 saturated carbocycles. The van der Waals surface area contributed by atoms with Gasteiger partial charge in [0.15, 0.2) is 5.84 Å². The van der Waals surface area contributed by atoms with Crippen molar-refractivity contribution in [2.45, 2.75) is 0 Å². The first-order valence-electron chi connectivity index (χ1n) is 4.35. The van der Waals surface area contributed by atoms with Gasteiger partial charge in [0.1, 0.15) is 0 Å². The van der Waals surface area contributed by atoms with Crippen LogP contribution in [0.2, 0.25) is 5.02 Å². The van der Waals surface area contributed by atoms with Gasteiger partial charge in [0, 0.05) is 6.20 Å². The number of aromatic nitrogens is 3. The lowest BCUT2D eigenvalue weighted by Gasteiger charge is -2.05. The zero-order chi connectivity index (χ0) is 11.5. The molecule has 0 saturated heterocycles. The Labute approximate surface area is 96.0 Å². The second kappa shape index (κ2) is 4.19. The average molecular weight is 238 g/mol. The summed E-state index contributed by atoms with van der Waals surface area (Å²) in [5, 5.41) is 12.0. The second-order valence-electron chi connectivity index (χ2n) is 2.95. The van der Waals surface area contributed by atoms with E-state index in [0.717, 1.165) is 0 Å². The number of hydrogen-bond donors (Lipinski definition) is 2. The van der Waals surface area contributed by atoms with Crippen LogP contribution in [0.5, 0.6) is 0 Å². The second-order valence-corrected chi connectivity index (χ2v) is 3.39. The molecule has 0 aliphatic carbocycles. The van der Waals surface area contributed by atoms with Crippen LogP contribution in [0.1, 0.15) is 5.69 Å². The van der Waals surface area contributed by atoms with Crippen LogP contribution >= 0.6 is 11.6 Å². The van der Waals surface area contributed by atoms with E-state index in [-0.39, 0.29) is 5.84 Å². The molecule has 0 radical (unpaired) electrons. The fraction of sp³-hybridized carbons (Fsp3) is 0. The summed E-state index contributed by atoms with van der Waals surface area (Å²) in [6.45, 7) is 0. The molecule has 16 heavy (non-hydrogen) atoms. The van der Waals surface area contributed by atoms with Gasteiger partial charge in [-0.25, -0.2) is 9.97 Å². The van der Waals surface area contributed by atoms with E-state index in [0.29, 0.717) is 16.7 Å². The molecule has 2 aromatic heterocycles. The Balaban J connectivity index is 2.49. The topological polar surface area (TPSA) is 89.3 Å². The van der Waals surface area contributed by atoms with Crippen molar-refractivity contribution in [3.8, 4) is 5.95 Å². The molecular formula is C9H8ClN5O. The van der Waals surface area contributed by atoms with Crippen molar-refractivity contribution < 1.29 is 5.21 Å². The third-order valence-electron chi connectivity index (χ3n) is 1.94. The standard InChI is InChI=1S/C9H8ClN5O/c10-6-4-12-9(13-5-6)15-3-1-2-7(15)8(11)14-16/h1-5,16H,(H2,11,14). The van der Waals surface area contributed by atoms with Gasteiger partial charge >= 0.3 is 0 Å². The summed E-state index contributed by atoms with van der Waals surface area (Å²) in [5.74, 6) is 0.388. The highest BCUT2D eigenvalue weighted by Gasteiger charge is 2.09. The zero-order valence-electron chi connectivity index (χ0n) is 8.08. The Kier molecular flexibility index (Phi) is 2.74. The van der Waals surface area contributed by atoms with Gasteiger partial charge in [0.25, 0.3) is 0 Å². The van der Waals surface area contributed by atoms with Gasteiger partial charge in [0.2, 0.25) is 5.95 Å². The maximum atomic E-state index is 8.61. The van der Waals surface area contributed by atoms with Crippen LogP contribution in [0, 0.1) is 0 Å². The van der Waals surface area contributed by atoms with E-state index in [4.69, 9.17) is 22.5 Å². The number of nitrogens with zero attached hydrogens (tertiary/aromatic N) is 4. The molecule has 0 amide bonds. The van der Waals surface area contributed by atoms with E-state index in [9.17, 15) is 0 Å². The summed E-state index contributed by atoms with van der Waals surface area (Å²) in [6.07, 6.45) is 4.65. The molecule has 0 atom stereocenters. The van der Waals surface area contributed by atoms with Gasteiger partial charge in [-0.1, -0.05) is 16.8 Å². The highest BCUT2D eigenvalue weighted by molar-refractivity contribution is 6.30. The number of hydrogen-bond acceptors (Lipinski definition) is 4. The van der Waals surface area contributed by atoms with Crippen LogP contribution < -0.4 is 5.73 Å². The third-order valence-corrected chi connectivity index (χ3v) is 2.14. The Hall–Kier alpha value is -2.08. The fourth-order valence-electron chi connectivity index (χ4n) is 1.25. The predicted octanol–water partition coefficient (Wildman–Crippen LogP) is 1.02. The van der Waals surface area contributed by atoms with Crippen molar-refractivity contribution in [2.24, 2.45) is 10.9 Å². The summed E-state index contributed by atoms with van der Waals surface area (Å²) in [4.78, 5) is 8.05. The van der Waals surface area contributed by atoms with E-state index >= 15 is 0 Å². The van der Waals surface area contributed by atoms with Gasteiger partial charge in [-0.05, 0) is 12.1 Å². The molecule has 6 nitrogen and oxygen atoms in total. The molecule has 0 aromatic carbocycles. The van der Waals surface area contributed by atoms with E-state index in [1.165, 1.54) is 12.4 Å². The molecule has 2 rings (SSSR count). The first-order chi connectivity index (χ1) is 7.72. The number of oxime groups is 1. The summed E-state index contributed by atoms with van der Waals surface area (Å²) in [6, 6.07) is 3.43. The lowest BCUT2D eigenvalue weighted by Crippen LogP contribution is -2.18. The molecule has 0 unspecified atom stereocenters. The summed E-state index contributed by atoms with van der Waals surface area (Å²) < 4.78 is 1.59. The molecule has 0 aliphatic heterocycles. The van der Waals surface area contributed by atoms with Crippen molar-refractivity contribution in [3.63, 3.8) is 0 Å². The first-order valence-corrected chi connectivity index (χ1v) is 4.73. The zero-order valence-corrected chi connectivity index (χ0v) is 8.83. The molecule has 82 valence electrons. The molecule has 2 heterocycles. The molecule has 0 fully saturated rings. The maximum absolute atomic E-state index is 8.61. The van der Waals surface area contributed by atoms with Crippen LogP contribution in [-0.4, -0.2) is 25.6 Å². The van der Waals surface area contributed by atoms with Crippen molar-refractivity contribution in [2.75, 3.05) is 0 Å². The molecule has 0 spiro atoms. The monoisotopic (exact) mass is 237 g/mol. The van der Waals surface area contributed by atoms with Gasteiger partial charge in [-0.3, -0.25) is 4.57 Å². The van der Waals surface area contributed by atoms with Crippen LogP contribution in [0.3, 0.4) is 0 Å². The number of amidine groups is 1. The molecule has 0 aliphatic rings. The van der Waals surface area contributed by atoms with Crippen LogP contribution in [-0.2, 0) is 0 Å². The van der Waals surface area contributed by atoms with Crippen molar-refractivity contribution >= 4 is 17.4 Å². The number of rotatable bonds is 2. The third kappa shape index (κ3) is 1.82. The lowest BCUT2D eigenvalue weighted by molar-refractivity contribution is 0.318. The van der Waals surface area contributed by atoms with E-state index in [1.54, 1.807) is 22.9 Å². The predicted molar refractivity (Wildman–Crippen MR) is 58.9 cm³/mol. The molecule has 3 N–H and O–H groups in total. The SMILES string of the molecule is N/C(=N/O)c1cccn1-c1ncc(Cl)cn1. The van der Waals surface area contributed by atoms with Gasteiger partial charge < -0.3 is 10.9 Å². The van der Waals surface area contributed by atoms with E-state index in [1.807, 2.05) is 0 Å². The largest absolute Gasteiger partial charge is 0.409 e. The first kappa shape index (κ1) is 10.4. The van der Waals surface area contributed by atoms with Gasteiger partial charge in [-0.2, -0.15) is 0 Å². The lowest BCUT2D eigenvalue weighted by atomic mass is 10.4. The molecule has 0 bridgehead atoms. The van der Waals surface area contributed by atoms with E-state index in [2.05, 4.69) is 15.1 Å². The van der Waals surface area contributed by atoms with Gasteiger partial charge in [0.05, 0.1) is 23.1 Å². The summed E-state index contributed by atoms with van der Waals surface area (Å²) >= 11 is 5.68. The van der Waals surface area contributed by atoms with E-state index < -0.39 is 0 Å². The van der Waals surface area contributed by atoms with Crippen molar-refractivity contribution in [1.29, 1.82) is 0 Å². The summed E-state index contributed by atoms with van der Waals surface area (Å²) in [7, 11) is 0. The quantitative estimate of drug-likeness (QED) is 0.353. The Morgan fingerprint density at radius 3 is 2.75 bits per heavy atom. The minimum atomic E-state index is -0.0106. The van der Waals surface area contributed by atoms with Gasteiger partial charge in [-0.15, -0.1) is 0 Å².